The fourth-order valence-electron chi connectivity index (χ4n) is 3.93. The molecule has 2 amide bonds. The fraction of sp³-hybridized carbons (Fsp3) is 0.462. The van der Waals surface area contributed by atoms with Crippen molar-refractivity contribution in [1.29, 1.82) is 0 Å². The molecule has 1 aliphatic rings. The molecule has 1 N–H and O–H groups in total. The van der Waals surface area contributed by atoms with Crippen molar-refractivity contribution >= 4 is 11.8 Å². The molecule has 6 heteroatoms. The van der Waals surface area contributed by atoms with Crippen LogP contribution in [-0.4, -0.2) is 42.5 Å². The van der Waals surface area contributed by atoms with Crippen LogP contribution in [0.15, 0.2) is 42.5 Å². The average molecular weight is 439 g/mol. The van der Waals surface area contributed by atoms with Crippen molar-refractivity contribution in [2.24, 2.45) is 0 Å². The summed E-state index contributed by atoms with van der Waals surface area (Å²) in [7, 11) is 1.62. The second-order valence-corrected chi connectivity index (χ2v) is 8.57. The van der Waals surface area contributed by atoms with Gasteiger partial charge in [0.25, 0.3) is 5.91 Å². The zero-order valence-corrected chi connectivity index (χ0v) is 19.5. The highest BCUT2D eigenvalue weighted by Crippen LogP contribution is 2.20. The number of carbonyl (C=O) groups excluding carboxylic acids is 2. The van der Waals surface area contributed by atoms with Gasteiger partial charge in [-0.15, -0.1) is 0 Å². The molecule has 1 aliphatic carbocycles. The molecule has 0 aromatic heterocycles. The Hall–Kier alpha value is -3.02. The Morgan fingerprint density at radius 1 is 1.03 bits per heavy atom. The molecule has 6 nitrogen and oxygen atoms in total. The van der Waals surface area contributed by atoms with Gasteiger partial charge in [0.2, 0.25) is 5.91 Å². The lowest BCUT2D eigenvalue weighted by Gasteiger charge is -2.29. The van der Waals surface area contributed by atoms with E-state index in [4.69, 9.17) is 9.47 Å². The Labute approximate surface area is 190 Å². The van der Waals surface area contributed by atoms with E-state index >= 15 is 0 Å². The van der Waals surface area contributed by atoms with Crippen molar-refractivity contribution in [3.63, 3.8) is 0 Å². The van der Waals surface area contributed by atoms with E-state index in [2.05, 4.69) is 5.32 Å². The molecule has 172 valence electrons. The van der Waals surface area contributed by atoms with Crippen molar-refractivity contribution in [2.45, 2.75) is 65.1 Å². The number of ether oxygens (including phenoxy) is 2. The number of amides is 2. The first-order chi connectivity index (χ1) is 15.4. The van der Waals surface area contributed by atoms with Crippen LogP contribution in [-0.2, 0) is 16.1 Å². The Morgan fingerprint density at radius 2 is 1.69 bits per heavy atom. The SMILES string of the molecule is COc1ccc(CN(C(=O)COc2ccc(C)c(C)c2)[C@H](C)C(=O)NC2CCCC2)cc1. The Kier molecular flexibility index (Phi) is 8.14. The van der Waals surface area contributed by atoms with Gasteiger partial charge < -0.3 is 19.7 Å². The van der Waals surface area contributed by atoms with Crippen LogP contribution in [0.4, 0.5) is 0 Å². The van der Waals surface area contributed by atoms with Crippen LogP contribution in [0, 0.1) is 13.8 Å². The number of nitrogens with zero attached hydrogens (tertiary/aromatic N) is 1. The van der Waals surface area contributed by atoms with Gasteiger partial charge in [0.15, 0.2) is 6.61 Å². The first-order valence-electron chi connectivity index (χ1n) is 11.3. The van der Waals surface area contributed by atoms with Crippen LogP contribution in [0.3, 0.4) is 0 Å². The lowest BCUT2D eigenvalue weighted by Crippen LogP contribution is -2.50. The number of hydrogen-bond donors (Lipinski definition) is 1. The van der Waals surface area contributed by atoms with Gasteiger partial charge >= 0.3 is 0 Å². The van der Waals surface area contributed by atoms with Gasteiger partial charge in [-0.05, 0) is 74.6 Å². The first-order valence-corrected chi connectivity index (χ1v) is 11.3. The van der Waals surface area contributed by atoms with Crippen LogP contribution in [0.5, 0.6) is 11.5 Å². The Balaban J connectivity index is 1.71. The minimum absolute atomic E-state index is 0.120. The van der Waals surface area contributed by atoms with E-state index in [9.17, 15) is 9.59 Å². The monoisotopic (exact) mass is 438 g/mol. The van der Waals surface area contributed by atoms with Crippen LogP contribution in [0.2, 0.25) is 0 Å². The van der Waals surface area contributed by atoms with Crippen molar-refractivity contribution < 1.29 is 19.1 Å². The molecular formula is C26H34N2O4. The summed E-state index contributed by atoms with van der Waals surface area (Å²) in [5, 5.41) is 3.11. The minimum Gasteiger partial charge on any atom is -0.497 e. The molecule has 0 radical (unpaired) electrons. The maximum Gasteiger partial charge on any atom is 0.261 e. The highest BCUT2D eigenvalue weighted by molar-refractivity contribution is 5.88. The lowest BCUT2D eigenvalue weighted by atomic mass is 10.1. The van der Waals surface area contributed by atoms with Crippen molar-refractivity contribution in [3.8, 4) is 11.5 Å². The minimum atomic E-state index is -0.603. The third kappa shape index (κ3) is 6.25. The topological polar surface area (TPSA) is 67.9 Å². The maximum absolute atomic E-state index is 13.2. The Morgan fingerprint density at radius 3 is 2.31 bits per heavy atom. The van der Waals surface area contributed by atoms with Crippen molar-refractivity contribution in [2.75, 3.05) is 13.7 Å². The van der Waals surface area contributed by atoms with E-state index in [1.807, 2.05) is 56.3 Å². The maximum atomic E-state index is 13.2. The van der Waals surface area contributed by atoms with Crippen molar-refractivity contribution in [3.05, 3.63) is 59.2 Å². The van der Waals surface area contributed by atoms with Gasteiger partial charge in [-0.3, -0.25) is 9.59 Å². The highest BCUT2D eigenvalue weighted by atomic mass is 16.5. The smallest absolute Gasteiger partial charge is 0.261 e. The van der Waals surface area contributed by atoms with Crippen molar-refractivity contribution in [1.82, 2.24) is 10.2 Å². The highest BCUT2D eigenvalue weighted by Gasteiger charge is 2.28. The van der Waals surface area contributed by atoms with Crippen LogP contribution >= 0.6 is 0 Å². The van der Waals surface area contributed by atoms with E-state index in [1.54, 1.807) is 18.9 Å². The summed E-state index contributed by atoms with van der Waals surface area (Å²) in [6.07, 6.45) is 4.27. The molecule has 2 aromatic carbocycles. The summed E-state index contributed by atoms with van der Waals surface area (Å²) in [5.74, 6) is 1.05. The summed E-state index contributed by atoms with van der Waals surface area (Å²) in [6.45, 7) is 6.01. The summed E-state index contributed by atoms with van der Waals surface area (Å²) in [4.78, 5) is 27.7. The van der Waals surface area contributed by atoms with E-state index in [-0.39, 0.29) is 24.5 Å². The molecule has 3 rings (SSSR count). The second-order valence-electron chi connectivity index (χ2n) is 8.57. The summed E-state index contributed by atoms with van der Waals surface area (Å²) < 4.78 is 11.0. The third-order valence-corrected chi connectivity index (χ3v) is 6.22. The third-order valence-electron chi connectivity index (χ3n) is 6.22. The molecule has 0 saturated heterocycles. The standard InChI is InChI=1S/C26H34N2O4/c1-18-9-12-24(15-19(18)2)32-17-25(29)28(16-21-10-13-23(31-4)14-11-21)20(3)26(30)27-22-7-5-6-8-22/h9-15,20,22H,5-8,16-17H2,1-4H3,(H,27,30)/t20-/m1/s1. The average Bonchev–Trinajstić information content (AvgIpc) is 3.31. The molecule has 0 heterocycles. The number of carbonyl (C=O) groups is 2. The Bertz CT molecular complexity index is 920. The molecule has 2 aromatic rings. The van der Waals surface area contributed by atoms with Gasteiger partial charge in [0, 0.05) is 12.6 Å². The largest absolute Gasteiger partial charge is 0.497 e. The van der Waals surface area contributed by atoms with Crippen LogP contribution in [0.25, 0.3) is 0 Å². The summed E-state index contributed by atoms with van der Waals surface area (Å²) >= 11 is 0. The second kappa shape index (κ2) is 11.0. The zero-order chi connectivity index (χ0) is 23.1. The van der Waals surface area contributed by atoms with E-state index < -0.39 is 6.04 Å². The molecule has 0 spiro atoms. The predicted octanol–water partition coefficient (Wildman–Crippen LogP) is 4.17. The van der Waals surface area contributed by atoms with Gasteiger partial charge in [0.05, 0.1) is 7.11 Å². The molecule has 1 saturated carbocycles. The van der Waals surface area contributed by atoms with Gasteiger partial charge in [0.1, 0.15) is 17.5 Å². The lowest BCUT2D eigenvalue weighted by molar-refractivity contribution is -0.142. The number of methoxy groups -OCH3 is 1. The van der Waals surface area contributed by atoms with Gasteiger partial charge in [-0.2, -0.15) is 0 Å². The van der Waals surface area contributed by atoms with Gasteiger partial charge in [-0.25, -0.2) is 0 Å². The molecule has 1 fully saturated rings. The molecule has 32 heavy (non-hydrogen) atoms. The number of benzene rings is 2. The van der Waals surface area contributed by atoms with Crippen LogP contribution < -0.4 is 14.8 Å². The normalized spacial score (nSPS) is 14.6. The molecule has 0 aliphatic heterocycles. The van der Waals surface area contributed by atoms with E-state index in [1.165, 1.54) is 5.56 Å². The first kappa shape index (κ1) is 23.6. The summed E-state index contributed by atoms with van der Waals surface area (Å²) in [6, 6.07) is 12.9. The molecule has 0 unspecified atom stereocenters. The quantitative estimate of drug-likeness (QED) is 0.638. The van der Waals surface area contributed by atoms with E-state index in [0.29, 0.717) is 12.3 Å². The van der Waals surface area contributed by atoms with Gasteiger partial charge in [-0.1, -0.05) is 31.0 Å². The number of aryl methyl sites for hydroxylation is 2. The zero-order valence-electron chi connectivity index (χ0n) is 19.5. The summed E-state index contributed by atoms with van der Waals surface area (Å²) in [5.41, 5.74) is 3.20. The number of nitrogens with one attached hydrogen (secondary N) is 1. The molecule has 1 atom stereocenters. The van der Waals surface area contributed by atoms with Crippen LogP contribution in [0.1, 0.15) is 49.3 Å². The molecular weight excluding hydrogens is 404 g/mol. The number of rotatable bonds is 9. The predicted molar refractivity (Wildman–Crippen MR) is 125 cm³/mol. The number of hydrogen-bond acceptors (Lipinski definition) is 4. The molecule has 0 bridgehead atoms. The fourth-order valence-corrected chi connectivity index (χ4v) is 3.93. The van der Waals surface area contributed by atoms with E-state index in [0.717, 1.165) is 42.6 Å².